The molecule has 0 aromatic heterocycles. The molecule has 104 valence electrons. The highest BCUT2D eigenvalue weighted by atomic mass is 16.4. The molecule has 1 aromatic rings. The molecule has 1 atom stereocenters. The van der Waals surface area contributed by atoms with Gasteiger partial charge in [-0.3, -0.25) is 4.79 Å². The molecule has 1 amide bonds. The molecule has 0 bridgehead atoms. The summed E-state index contributed by atoms with van der Waals surface area (Å²) >= 11 is 0. The molecule has 19 heavy (non-hydrogen) atoms. The van der Waals surface area contributed by atoms with Crippen molar-refractivity contribution in [3.8, 4) is 0 Å². The highest BCUT2D eigenvalue weighted by Gasteiger charge is 2.37. The molecule has 4 nitrogen and oxygen atoms in total. The Labute approximate surface area is 113 Å². The van der Waals surface area contributed by atoms with Crippen LogP contribution in [0.4, 0.5) is 0 Å². The van der Waals surface area contributed by atoms with Gasteiger partial charge in [0.25, 0.3) is 0 Å². The van der Waals surface area contributed by atoms with Crippen LogP contribution >= 0.6 is 0 Å². The van der Waals surface area contributed by atoms with Gasteiger partial charge < -0.3 is 10.4 Å². The van der Waals surface area contributed by atoms with E-state index < -0.39 is 11.5 Å². The highest BCUT2D eigenvalue weighted by Crippen LogP contribution is 2.23. The zero-order valence-electron chi connectivity index (χ0n) is 11.9. The average molecular weight is 263 g/mol. The predicted molar refractivity (Wildman–Crippen MR) is 73.6 cm³/mol. The highest BCUT2D eigenvalue weighted by molar-refractivity contribution is 5.88. The molecular formula is C15H21NO3. The second-order valence-electron chi connectivity index (χ2n) is 6.08. The molecule has 4 heteroatoms. The van der Waals surface area contributed by atoms with Gasteiger partial charge in [0, 0.05) is 6.42 Å². The summed E-state index contributed by atoms with van der Waals surface area (Å²) < 4.78 is 0. The number of hydrogen-bond donors (Lipinski definition) is 2. The van der Waals surface area contributed by atoms with Crippen LogP contribution in [0.5, 0.6) is 0 Å². The Hall–Kier alpha value is -1.84. The number of carboxylic acid groups (broad SMARTS) is 1. The third-order valence-electron chi connectivity index (χ3n) is 2.86. The van der Waals surface area contributed by atoms with Gasteiger partial charge in [-0.25, -0.2) is 4.79 Å². The van der Waals surface area contributed by atoms with Crippen LogP contribution in [0.2, 0.25) is 0 Å². The second kappa shape index (κ2) is 5.43. The monoisotopic (exact) mass is 263 g/mol. The van der Waals surface area contributed by atoms with Gasteiger partial charge in [0.2, 0.25) is 5.91 Å². The van der Waals surface area contributed by atoms with Crippen molar-refractivity contribution in [1.82, 2.24) is 5.32 Å². The van der Waals surface area contributed by atoms with Gasteiger partial charge in [0.15, 0.2) is 5.54 Å². The smallest absolute Gasteiger partial charge is 0.333 e. The fourth-order valence-corrected chi connectivity index (χ4v) is 1.83. The Morgan fingerprint density at radius 3 is 2.05 bits per heavy atom. The predicted octanol–water partition coefficient (Wildman–Crippen LogP) is 2.54. The third kappa shape index (κ3) is 4.09. The summed E-state index contributed by atoms with van der Waals surface area (Å²) in [5.74, 6) is -1.33. The van der Waals surface area contributed by atoms with Crippen LogP contribution in [0, 0.1) is 5.41 Å². The lowest BCUT2D eigenvalue weighted by Crippen LogP contribution is -2.50. The van der Waals surface area contributed by atoms with E-state index in [9.17, 15) is 14.7 Å². The molecule has 0 aliphatic carbocycles. The average Bonchev–Trinajstić information content (AvgIpc) is 2.27. The minimum atomic E-state index is -1.40. The standard InChI is InChI=1S/C15H21NO3/c1-14(2,3)10-12(17)16-15(4,13(18)19)11-8-6-5-7-9-11/h5-9H,10H2,1-4H3,(H,16,17)(H,18,19). The van der Waals surface area contributed by atoms with E-state index in [2.05, 4.69) is 5.32 Å². The van der Waals surface area contributed by atoms with E-state index >= 15 is 0 Å². The number of hydrogen-bond acceptors (Lipinski definition) is 2. The molecule has 0 spiro atoms. The van der Waals surface area contributed by atoms with E-state index in [0.29, 0.717) is 5.56 Å². The lowest BCUT2D eigenvalue weighted by atomic mass is 9.89. The zero-order valence-corrected chi connectivity index (χ0v) is 11.9. The SMILES string of the molecule is CC(C)(C)CC(=O)NC(C)(C(=O)O)c1ccccc1. The van der Waals surface area contributed by atoms with Crippen molar-refractivity contribution in [2.75, 3.05) is 0 Å². The summed E-state index contributed by atoms with van der Waals surface area (Å²) in [6.07, 6.45) is 0.280. The number of carbonyl (C=O) groups is 2. The Morgan fingerprint density at radius 2 is 1.63 bits per heavy atom. The summed E-state index contributed by atoms with van der Waals surface area (Å²) in [6.45, 7) is 7.32. The van der Waals surface area contributed by atoms with Gasteiger partial charge in [-0.1, -0.05) is 51.1 Å². The van der Waals surface area contributed by atoms with Gasteiger partial charge >= 0.3 is 5.97 Å². The Balaban J connectivity index is 2.97. The number of aliphatic carboxylic acids is 1. The van der Waals surface area contributed by atoms with Crippen LogP contribution in [-0.4, -0.2) is 17.0 Å². The van der Waals surface area contributed by atoms with Crippen LogP contribution in [-0.2, 0) is 15.1 Å². The zero-order chi connectivity index (χ0) is 14.7. The Kier molecular flexibility index (Phi) is 4.35. The number of carbonyl (C=O) groups excluding carboxylic acids is 1. The molecule has 1 rings (SSSR count). The molecule has 2 N–H and O–H groups in total. The van der Waals surface area contributed by atoms with Gasteiger partial charge in [-0.15, -0.1) is 0 Å². The first-order valence-corrected chi connectivity index (χ1v) is 6.25. The maximum absolute atomic E-state index is 12.0. The maximum Gasteiger partial charge on any atom is 0.333 e. The lowest BCUT2D eigenvalue weighted by molar-refractivity contribution is -0.147. The normalized spacial score (nSPS) is 14.5. The minimum Gasteiger partial charge on any atom is -0.479 e. The van der Waals surface area contributed by atoms with Crippen LogP contribution in [0.15, 0.2) is 30.3 Å². The molecule has 0 fully saturated rings. The Morgan fingerprint density at radius 1 is 1.11 bits per heavy atom. The van der Waals surface area contributed by atoms with E-state index in [4.69, 9.17) is 0 Å². The third-order valence-corrected chi connectivity index (χ3v) is 2.86. The topological polar surface area (TPSA) is 66.4 Å². The van der Waals surface area contributed by atoms with Crippen molar-refractivity contribution in [2.24, 2.45) is 5.41 Å². The van der Waals surface area contributed by atoms with Crippen LogP contribution < -0.4 is 5.32 Å². The molecule has 0 saturated heterocycles. The van der Waals surface area contributed by atoms with Crippen molar-refractivity contribution >= 4 is 11.9 Å². The second-order valence-corrected chi connectivity index (χ2v) is 6.08. The summed E-state index contributed by atoms with van der Waals surface area (Å²) in [4.78, 5) is 23.5. The number of amides is 1. The molecule has 1 unspecified atom stereocenters. The van der Waals surface area contributed by atoms with Crippen LogP contribution in [0.3, 0.4) is 0 Å². The first kappa shape index (κ1) is 15.2. The van der Waals surface area contributed by atoms with E-state index in [1.54, 1.807) is 24.3 Å². The van der Waals surface area contributed by atoms with Crippen molar-refractivity contribution in [3.63, 3.8) is 0 Å². The van der Waals surface area contributed by atoms with Gasteiger partial charge in [-0.05, 0) is 17.9 Å². The summed E-state index contributed by atoms with van der Waals surface area (Å²) in [6, 6.07) is 8.72. The summed E-state index contributed by atoms with van der Waals surface area (Å²) in [5.41, 5.74) is -1.02. The molecule has 0 saturated carbocycles. The van der Waals surface area contributed by atoms with Crippen LogP contribution in [0.25, 0.3) is 0 Å². The van der Waals surface area contributed by atoms with E-state index in [-0.39, 0.29) is 17.7 Å². The van der Waals surface area contributed by atoms with Crippen molar-refractivity contribution in [1.29, 1.82) is 0 Å². The lowest BCUT2D eigenvalue weighted by Gasteiger charge is -2.28. The van der Waals surface area contributed by atoms with E-state index in [1.165, 1.54) is 6.92 Å². The van der Waals surface area contributed by atoms with E-state index in [1.807, 2.05) is 26.8 Å². The number of rotatable bonds is 4. The Bertz CT molecular complexity index is 462. The van der Waals surface area contributed by atoms with Gasteiger partial charge in [-0.2, -0.15) is 0 Å². The summed E-state index contributed by atoms with van der Waals surface area (Å²) in [5, 5.41) is 12.0. The van der Waals surface area contributed by atoms with Gasteiger partial charge in [0.1, 0.15) is 0 Å². The largest absolute Gasteiger partial charge is 0.479 e. The maximum atomic E-state index is 12.0. The molecule has 0 heterocycles. The van der Waals surface area contributed by atoms with Gasteiger partial charge in [0.05, 0.1) is 0 Å². The number of nitrogens with one attached hydrogen (secondary N) is 1. The molecule has 0 aliphatic rings. The number of benzene rings is 1. The molecular weight excluding hydrogens is 242 g/mol. The molecule has 0 aliphatic heterocycles. The minimum absolute atomic E-state index is 0.180. The summed E-state index contributed by atoms with van der Waals surface area (Å²) in [7, 11) is 0. The first-order valence-electron chi connectivity index (χ1n) is 6.25. The molecule has 0 radical (unpaired) electrons. The van der Waals surface area contributed by atoms with E-state index in [0.717, 1.165) is 0 Å². The van der Waals surface area contributed by atoms with Crippen molar-refractivity contribution in [3.05, 3.63) is 35.9 Å². The molecule has 1 aromatic carbocycles. The fourth-order valence-electron chi connectivity index (χ4n) is 1.83. The van der Waals surface area contributed by atoms with Crippen molar-refractivity contribution in [2.45, 2.75) is 39.7 Å². The number of carboxylic acids is 1. The quantitative estimate of drug-likeness (QED) is 0.877. The fraction of sp³-hybridized carbons (Fsp3) is 0.467. The van der Waals surface area contributed by atoms with Crippen molar-refractivity contribution < 1.29 is 14.7 Å². The van der Waals surface area contributed by atoms with Crippen LogP contribution in [0.1, 0.15) is 39.7 Å². The first-order chi connectivity index (χ1) is 8.65.